The van der Waals surface area contributed by atoms with Gasteiger partial charge in [0.1, 0.15) is 0 Å². The van der Waals surface area contributed by atoms with Crippen molar-refractivity contribution in [3.63, 3.8) is 0 Å². The Labute approximate surface area is 117 Å². The number of hydrogen-bond donors (Lipinski definition) is 3. The number of aliphatic hydroxyl groups is 2. The molecule has 0 unspecified atom stereocenters. The summed E-state index contributed by atoms with van der Waals surface area (Å²) in [5, 5.41) is 21.1. The Morgan fingerprint density at radius 3 is 2.26 bits per heavy atom. The second-order valence-electron chi connectivity index (χ2n) is 4.04. The fourth-order valence-corrected chi connectivity index (χ4v) is 1.76. The molecule has 0 aliphatic rings. The van der Waals surface area contributed by atoms with Crippen molar-refractivity contribution in [2.24, 2.45) is 0 Å². The number of rotatable bonds is 7. The molecule has 3 N–H and O–H groups in total. The van der Waals surface area contributed by atoms with E-state index in [1.165, 1.54) is 4.90 Å². The van der Waals surface area contributed by atoms with Crippen LogP contribution in [0.25, 0.3) is 0 Å². The van der Waals surface area contributed by atoms with Gasteiger partial charge in [0.05, 0.1) is 13.2 Å². The fraction of sp³-hybridized carbons (Fsp3) is 0.462. The lowest BCUT2D eigenvalue weighted by molar-refractivity contribution is 0.158. The number of carbonyl (C=O) groups is 1. The minimum atomic E-state index is -0.280. The van der Waals surface area contributed by atoms with Crippen molar-refractivity contribution in [1.82, 2.24) is 10.2 Å². The summed E-state index contributed by atoms with van der Waals surface area (Å²) in [6.45, 7) is 0.684. The predicted octanol–water partition coefficient (Wildman–Crippen LogP) is 0.879. The molecule has 0 aromatic heterocycles. The molecule has 6 heteroatoms. The first kappa shape index (κ1) is 15.8. The SMILES string of the molecule is O=C(NCCc1ccc(Cl)cc1)N(CCO)CCO. The van der Waals surface area contributed by atoms with E-state index >= 15 is 0 Å². The molecule has 0 heterocycles. The monoisotopic (exact) mass is 286 g/mol. The maximum atomic E-state index is 11.7. The molecule has 0 saturated carbocycles. The summed E-state index contributed by atoms with van der Waals surface area (Å²) >= 11 is 5.78. The van der Waals surface area contributed by atoms with Crippen LogP contribution in [0.15, 0.2) is 24.3 Å². The number of carbonyl (C=O) groups excluding carboxylic acids is 1. The third kappa shape index (κ3) is 5.92. The van der Waals surface area contributed by atoms with Gasteiger partial charge < -0.3 is 20.4 Å². The number of urea groups is 1. The van der Waals surface area contributed by atoms with Crippen molar-refractivity contribution < 1.29 is 15.0 Å². The minimum absolute atomic E-state index is 0.120. The fourth-order valence-electron chi connectivity index (χ4n) is 1.63. The molecule has 0 saturated heterocycles. The third-order valence-electron chi connectivity index (χ3n) is 2.63. The topological polar surface area (TPSA) is 72.8 Å². The lowest BCUT2D eigenvalue weighted by Gasteiger charge is -2.21. The molecule has 0 spiro atoms. The van der Waals surface area contributed by atoms with E-state index in [1.54, 1.807) is 0 Å². The molecular formula is C13H19ClN2O3. The average molecular weight is 287 g/mol. The van der Waals surface area contributed by atoms with Gasteiger partial charge in [0.2, 0.25) is 0 Å². The Morgan fingerprint density at radius 1 is 1.16 bits per heavy atom. The molecule has 1 aromatic rings. The van der Waals surface area contributed by atoms with Crippen LogP contribution in [0.4, 0.5) is 4.79 Å². The van der Waals surface area contributed by atoms with Crippen LogP contribution in [0.5, 0.6) is 0 Å². The van der Waals surface area contributed by atoms with Gasteiger partial charge in [-0.15, -0.1) is 0 Å². The number of benzene rings is 1. The smallest absolute Gasteiger partial charge is 0.317 e. The summed E-state index contributed by atoms with van der Waals surface area (Å²) in [6.07, 6.45) is 0.703. The Hall–Kier alpha value is -1.30. The van der Waals surface area contributed by atoms with Crippen LogP contribution >= 0.6 is 11.6 Å². The van der Waals surface area contributed by atoms with Crippen LogP contribution < -0.4 is 5.32 Å². The van der Waals surface area contributed by atoms with Gasteiger partial charge in [-0.25, -0.2) is 4.79 Å². The van der Waals surface area contributed by atoms with Crippen LogP contribution in [-0.4, -0.2) is 54.0 Å². The first-order valence-corrected chi connectivity index (χ1v) is 6.54. The summed E-state index contributed by atoms with van der Waals surface area (Å²) in [4.78, 5) is 13.1. The second kappa shape index (κ2) is 8.74. The number of nitrogens with zero attached hydrogens (tertiary/aromatic N) is 1. The molecule has 0 atom stereocenters. The molecule has 5 nitrogen and oxygen atoms in total. The standard InChI is InChI=1S/C13H19ClN2O3/c14-12-3-1-11(2-4-12)5-6-15-13(19)16(7-9-17)8-10-18/h1-4,17-18H,5-10H2,(H,15,19). The first-order chi connectivity index (χ1) is 9.17. The van der Waals surface area contributed by atoms with E-state index in [2.05, 4.69) is 5.32 Å². The number of hydrogen-bond acceptors (Lipinski definition) is 3. The van der Waals surface area contributed by atoms with E-state index < -0.39 is 0 Å². The van der Waals surface area contributed by atoms with Crippen molar-refractivity contribution >= 4 is 17.6 Å². The van der Waals surface area contributed by atoms with Gasteiger partial charge in [0.15, 0.2) is 0 Å². The van der Waals surface area contributed by atoms with Gasteiger partial charge in [0.25, 0.3) is 0 Å². The molecule has 1 aromatic carbocycles. The maximum absolute atomic E-state index is 11.7. The van der Waals surface area contributed by atoms with E-state index in [-0.39, 0.29) is 32.3 Å². The number of amides is 2. The molecule has 1 rings (SSSR count). The van der Waals surface area contributed by atoms with Crippen molar-refractivity contribution in [3.05, 3.63) is 34.9 Å². The number of nitrogens with one attached hydrogen (secondary N) is 1. The van der Waals surface area contributed by atoms with Crippen LogP contribution in [0.3, 0.4) is 0 Å². The summed E-state index contributed by atoms with van der Waals surface area (Å²) in [5.74, 6) is 0. The highest BCUT2D eigenvalue weighted by Crippen LogP contribution is 2.09. The van der Waals surface area contributed by atoms with E-state index in [9.17, 15) is 4.79 Å². The second-order valence-corrected chi connectivity index (χ2v) is 4.48. The molecule has 106 valence electrons. The highest BCUT2D eigenvalue weighted by molar-refractivity contribution is 6.30. The molecule has 0 fully saturated rings. The van der Waals surface area contributed by atoms with E-state index in [0.717, 1.165) is 5.56 Å². The molecule has 2 amide bonds. The Kier molecular flexibility index (Phi) is 7.25. The van der Waals surface area contributed by atoms with Crippen LogP contribution in [-0.2, 0) is 6.42 Å². The van der Waals surface area contributed by atoms with Gasteiger partial charge in [0, 0.05) is 24.7 Å². The van der Waals surface area contributed by atoms with Gasteiger partial charge in [-0.3, -0.25) is 0 Å². The van der Waals surface area contributed by atoms with Gasteiger partial charge in [-0.05, 0) is 24.1 Å². The van der Waals surface area contributed by atoms with Crippen molar-refractivity contribution in [2.45, 2.75) is 6.42 Å². The zero-order chi connectivity index (χ0) is 14.1. The third-order valence-corrected chi connectivity index (χ3v) is 2.88. The molecule has 0 bridgehead atoms. The van der Waals surface area contributed by atoms with E-state index in [1.807, 2.05) is 24.3 Å². The van der Waals surface area contributed by atoms with Gasteiger partial charge in [-0.2, -0.15) is 0 Å². The summed E-state index contributed by atoms with van der Waals surface area (Å²) in [5.41, 5.74) is 1.08. The highest BCUT2D eigenvalue weighted by Gasteiger charge is 2.11. The number of halogens is 1. The zero-order valence-electron chi connectivity index (χ0n) is 10.7. The lowest BCUT2D eigenvalue weighted by atomic mass is 10.1. The van der Waals surface area contributed by atoms with Crippen LogP contribution in [0.2, 0.25) is 5.02 Å². The molecule has 0 aliphatic heterocycles. The van der Waals surface area contributed by atoms with Gasteiger partial charge >= 0.3 is 6.03 Å². The lowest BCUT2D eigenvalue weighted by Crippen LogP contribution is -2.43. The van der Waals surface area contributed by atoms with Crippen LogP contribution in [0, 0.1) is 0 Å². The summed E-state index contributed by atoms with van der Waals surface area (Å²) in [7, 11) is 0. The molecule has 0 aliphatic carbocycles. The largest absolute Gasteiger partial charge is 0.395 e. The summed E-state index contributed by atoms with van der Waals surface area (Å²) < 4.78 is 0. The summed E-state index contributed by atoms with van der Waals surface area (Å²) in [6, 6.07) is 7.16. The number of aliphatic hydroxyl groups excluding tert-OH is 2. The normalized spacial score (nSPS) is 10.3. The quantitative estimate of drug-likeness (QED) is 0.697. The zero-order valence-corrected chi connectivity index (χ0v) is 11.4. The highest BCUT2D eigenvalue weighted by atomic mass is 35.5. The Balaban J connectivity index is 2.34. The molecular weight excluding hydrogens is 268 g/mol. The predicted molar refractivity (Wildman–Crippen MR) is 74.3 cm³/mol. The van der Waals surface area contributed by atoms with E-state index in [0.29, 0.717) is 18.0 Å². The van der Waals surface area contributed by atoms with Crippen molar-refractivity contribution in [1.29, 1.82) is 0 Å². The Bertz CT molecular complexity index is 378. The molecule has 19 heavy (non-hydrogen) atoms. The molecule has 0 radical (unpaired) electrons. The first-order valence-electron chi connectivity index (χ1n) is 6.16. The van der Waals surface area contributed by atoms with E-state index in [4.69, 9.17) is 21.8 Å². The Morgan fingerprint density at radius 2 is 1.74 bits per heavy atom. The van der Waals surface area contributed by atoms with Crippen LogP contribution in [0.1, 0.15) is 5.56 Å². The average Bonchev–Trinajstić information content (AvgIpc) is 2.40. The van der Waals surface area contributed by atoms with Gasteiger partial charge in [-0.1, -0.05) is 23.7 Å². The maximum Gasteiger partial charge on any atom is 0.317 e. The minimum Gasteiger partial charge on any atom is -0.395 e. The van der Waals surface area contributed by atoms with Crippen molar-refractivity contribution in [2.75, 3.05) is 32.8 Å². The van der Waals surface area contributed by atoms with Crippen molar-refractivity contribution in [3.8, 4) is 0 Å².